The molecule has 2 aliphatic heterocycles. The van der Waals surface area contributed by atoms with E-state index >= 15 is 0 Å². The van der Waals surface area contributed by atoms with Crippen LogP contribution < -0.4 is 15.1 Å². The summed E-state index contributed by atoms with van der Waals surface area (Å²) in [5.74, 6) is -0.479. The van der Waals surface area contributed by atoms with Gasteiger partial charge in [-0.1, -0.05) is 30.3 Å². The van der Waals surface area contributed by atoms with Crippen molar-refractivity contribution in [2.75, 3.05) is 19.7 Å². The summed E-state index contributed by atoms with van der Waals surface area (Å²) in [5, 5.41) is 9.84. The van der Waals surface area contributed by atoms with E-state index < -0.39 is 17.5 Å². The maximum absolute atomic E-state index is 12.9. The van der Waals surface area contributed by atoms with Crippen molar-refractivity contribution >= 4 is 22.8 Å². The highest BCUT2D eigenvalue weighted by Crippen LogP contribution is 2.44. The number of carboxylic acid groups (broad SMARTS) is 1. The zero-order valence-electron chi connectivity index (χ0n) is 20.4. The standard InChI is InChI=1S/C28H29NO7/c1-28(2)11-8-19-21(36-28)15-22(34-16-23(30)29-12-9-18(10-13-29)27(32)33)25-20(14-24(31)35-26(19)25)17-6-4-3-5-7-17/h3-7,14-15,18H,8-13,16H2,1-2H3,(H,32,33). The Morgan fingerprint density at radius 3 is 2.56 bits per heavy atom. The number of ether oxygens (including phenoxy) is 2. The van der Waals surface area contributed by atoms with Crippen molar-refractivity contribution in [1.29, 1.82) is 0 Å². The van der Waals surface area contributed by atoms with Gasteiger partial charge in [0.05, 0.1) is 11.3 Å². The van der Waals surface area contributed by atoms with Gasteiger partial charge in [-0.25, -0.2) is 4.79 Å². The van der Waals surface area contributed by atoms with E-state index in [-0.39, 0.29) is 18.1 Å². The van der Waals surface area contributed by atoms with Crippen LogP contribution in [0.15, 0.2) is 51.7 Å². The van der Waals surface area contributed by atoms with Crippen molar-refractivity contribution in [3.05, 3.63) is 58.4 Å². The van der Waals surface area contributed by atoms with E-state index in [0.29, 0.717) is 60.4 Å². The highest BCUT2D eigenvalue weighted by atomic mass is 16.5. The second-order valence-electron chi connectivity index (χ2n) is 10.0. The molecule has 1 amide bonds. The zero-order chi connectivity index (χ0) is 25.4. The molecule has 0 aliphatic carbocycles. The molecule has 0 atom stereocenters. The van der Waals surface area contributed by atoms with Gasteiger partial charge in [0.15, 0.2) is 6.61 Å². The summed E-state index contributed by atoms with van der Waals surface area (Å²) in [6.07, 6.45) is 2.29. The smallest absolute Gasteiger partial charge is 0.336 e. The van der Waals surface area contributed by atoms with Crippen molar-refractivity contribution in [1.82, 2.24) is 4.90 Å². The normalized spacial score (nSPS) is 17.3. The molecule has 8 nitrogen and oxygen atoms in total. The first-order chi connectivity index (χ1) is 17.2. The fraction of sp³-hybridized carbons (Fsp3) is 0.393. The first-order valence-electron chi connectivity index (χ1n) is 12.2. The molecular formula is C28H29NO7. The Kier molecular flexibility index (Phi) is 6.20. The SMILES string of the molecule is CC1(C)CCc2c(cc(OCC(=O)N3CCC(C(=O)O)CC3)c3c(-c4ccccc4)cc(=O)oc23)O1. The fourth-order valence-electron chi connectivity index (χ4n) is 5.01. The van der Waals surface area contributed by atoms with Crippen LogP contribution in [0.25, 0.3) is 22.1 Å². The molecule has 36 heavy (non-hydrogen) atoms. The molecule has 3 heterocycles. The van der Waals surface area contributed by atoms with E-state index in [2.05, 4.69) is 0 Å². The maximum Gasteiger partial charge on any atom is 0.336 e. The number of amides is 1. The first kappa shape index (κ1) is 23.9. The molecule has 3 aromatic rings. The van der Waals surface area contributed by atoms with Gasteiger partial charge in [-0.3, -0.25) is 9.59 Å². The number of benzene rings is 2. The third-order valence-corrected chi connectivity index (χ3v) is 7.04. The maximum atomic E-state index is 12.9. The molecule has 2 aliphatic rings. The molecule has 1 N–H and O–H groups in total. The van der Waals surface area contributed by atoms with Crippen LogP contribution in [0.1, 0.15) is 38.7 Å². The topological polar surface area (TPSA) is 106 Å². The summed E-state index contributed by atoms with van der Waals surface area (Å²) < 4.78 is 18.0. The van der Waals surface area contributed by atoms with Gasteiger partial charge >= 0.3 is 11.6 Å². The van der Waals surface area contributed by atoms with E-state index in [1.807, 2.05) is 44.2 Å². The highest BCUT2D eigenvalue weighted by molar-refractivity contribution is 6.00. The minimum absolute atomic E-state index is 0.218. The predicted octanol–water partition coefficient (Wildman–Crippen LogP) is 4.27. The van der Waals surface area contributed by atoms with Crippen molar-refractivity contribution < 1.29 is 28.6 Å². The lowest BCUT2D eigenvalue weighted by Crippen LogP contribution is -2.42. The third-order valence-electron chi connectivity index (χ3n) is 7.04. The lowest BCUT2D eigenvalue weighted by atomic mass is 9.91. The molecule has 0 spiro atoms. The number of aliphatic carboxylic acids is 1. The number of rotatable bonds is 5. The quantitative estimate of drug-likeness (QED) is 0.532. The Bertz CT molecular complexity index is 1370. The summed E-state index contributed by atoms with van der Waals surface area (Å²) in [7, 11) is 0. The molecule has 2 aromatic carbocycles. The number of likely N-dealkylation sites (tertiary alicyclic amines) is 1. The van der Waals surface area contributed by atoms with Gasteiger partial charge in [-0.05, 0) is 45.1 Å². The average Bonchev–Trinajstić information content (AvgIpc) is 2.86. The third kappa shape index (κ3) is 4.67. The summed E-state index contributed by atoms with van der Waals surface area (Å²) in [4.78, 5) is 38.4. The molecule has 5 rings (SSSR count). The molecule has 0 radical (unpaired) electrons. The zero-order valence-corrected chi connectivity index (χ0v) is 20.4. The van der Waals surface area contributed by atoms with E-state index in [1.54, 1.807) is 11.0 Å². The van der Waals surface area contributed by atoms with Crippen LogP contribution in [0.3, 0.4) is 0 Å². The van der Waals surface area contributed by atoms with Gasteiger partial charge in [-0.2, -0.15) is 0 Å². The monoisotopic (exact) mass is 491 g/mol. The van der Waals surface area contributed by atoms with E-state index in [0.717, 1.165) is 17.5 Å². The molecule has 0 unspecified atom stereocenters. The molecule has 1 fully saturated rings. The average molecular weight is 492 g/mol. The first-order valence-corrected chi connectivity index (χ1v) is 12.2. The number of aryl methyl sites for hydroxylation is 1. The number of carbonyl (C=O) groups is 2. The van der Waals surface area contributed by atoms with Gasteiger partial charge < -0.3 is 23.9 Å². The Balaban J connectivity index is 1.53. The fourth-order valence-corrected chi connectivity index (χ4v) is 5.01. The van der Waals surface area contributed by atoms with Crippen LogP contribution in [0, 0.1) is 5.92 Å². The van der Waals surface area contributed by atoms with Crippen molar-refractivity contribution in [3.63, 3.8) is 0 Å². The Morgan fingerprint density at radius 2 is 1.86 bits per heavy atom. The molecule has 1 saturated heterocycles. The van der Waals surface area contributed by atoms with Crippen LogP contribution >= 0.6 is 0 Å². The van der Waals surface area contributed by atoms with Crippen molar-refractivity contribution in [3.8, 4) is 22.6 Å². The highest BCUT2D eigenvalue weighted by Gasteiger charge is 2.32. The number of carbonyl (C=O) groups excluding carboxylic acids is 1. The van der Waals surface area contributed by atoms with Crippen molar-refractivity contribution in [2.24, 2.45) is 5.92 Å². The minimum Gasteiger partial charge on any atom is -0.487 e. The van der Waals surface area contributed by atoms with Gasteiger partial charge in [0.2, 0.25) is 0 Å². The number of nitrogens with zero attached hydrogens (tertiary/aromatic N) is 1. The summed E-state index contributed by atoms with van der Waals surface area (Å²) >= 11 is 0. The summed E-state index contributed by atoms with van der Waals surface area (Å²) in [6, 6.07) is 12.7. The lowest BCUT2D eigenvalue weighted by molar-refractivity contribution is -0.146. The second kappa shape index (κ2) is 9.33. The summed E-state index contributed by atoms with van der Waals surface area (Å²) in [6.45, 7) is 4.54. The predicted molar refractivity (Wildman–Crippen MR) is 133 cm³/mol. The largest absolute Gasteiger partial charge is 0.487 e. The molecule has 1 aromatic heterocycles. The van der Waals surface area contributed by atoms with Gasteiger partial charge in [0, 0.05) is 36.3 Å². The number of piperidine rings is 1. The number of carboxylic acids is 1. The molecule has 8 heteroatoms. The van der Waals surface area contributed by atoms with Crippen LogP contribution in [-0.2, 0) is 16.0 Å². The molecule has 188 valence electrons. The minimum atomic E-state index is -0.822. The van der Waals surface area contributed by atoms with E-state index in [9.17, 15) is 19.5 Å². The van der Waals surface area contributed by atoms with E-state index in [4.69, 9.17) is 13.9 Å². The Labute approximate surface area is 208 Å². The number of fused-ring (bicyclic) bond motifs is 3. The van der Waals surface area contributed by atoms with Crippen LogP contribution in [-0.4, -0.2) is 47.2 Å². The van der Waals surface area contributed by atoms with Crippen molar-refractivity contribution in [2.45, 2.75) is 45.1 Å². The Hall–Kier alpha value is -3.81. The molecule has 0 bridgehead atoms. The summed E-state index contributed by atoms with van der Waals surface area (Å²) in [5.41, 5.74) is 1.87. The van der Waals surface area contributed by atoms with Gasteiger partial charge in [0.1, 0.15) is 22.7 Å². The van der Waals surface area contributed by atoms with Gasteiger partial charge in [0.25, 0.3) is 5.91 Å². The van der Waals surface area contributed by atoms with Crippen LogP contribution in [0.5, 0.6) is 11.5 Å². The van der Waals surface area contributed by atoms with Gasteiger partial charge in [-0.15, -0.1) is 0 Å². The van der Waals surface area contributed by atoms with E-state index in [1.165, 1.54) is 6.07 Å². The second-order valence-corrected chi connectivity index (χ2v) is 10.0. The molecule has 0 saturated carbocycles. The lowest BCUT2D eigenvalue weighted by Gasteiger charge is -2.33. The molecular weight excluding hydrogens is 462 g/mol. The number of hydrogen-bond acceptors (Lipinski definition) is 6. The van der Waals surface area contributed by atoms with Crippen LogP contribution in [0.2, 0.25) is 0 Å². The number of hydrogen-bond donors (Lipinski definition) is 1. The van der Waals surface area contributed by atoms with Crippen LogP contribution in [0.4, 0.5) is 0 Å². The Morgan fingerprint density at radius 1 is 1.14 bits per heavy atom.